The zero-order valence-corrected chi connectivity index (χ0v) is 23.1. The molecule has 2 heterocycles. The molecule has 13 nitrogen and oxygen atoms in total. The van der Waals surface area contributed by atoms with Crippen molar-refractivity contribution in [1.82, 2.24) is 10.3 Å². The van der Waals surface area contributed by atoms with Gasteiger partial charge in [0.15, 0.2) is 0 Å². The SMILES string of the molecule is N=C(N)c1cccc(OCC(CC(=O)O)NC(=O)C2CCN(c3ccncc3)CC2)c1.O=C(O)C(F)(F)F.O=C(O)C(F)(F)F. The predicted molar refractivity (Wildman–Crippen MR) is 144 cm³/mol. The van der Waals surface area contributed by atoms with E-state index in [-0.39, 0.29) is 30.7 Å². The quantitative estimate of drug-likeness (QED) is 0.131. The van der Waals surface area contributed by atoms with Crippen LogP contribution < -0.4 is 20.7 Å². The van der Waals surface area contributed by atoms with Crippen LogP contribution in [0.15, 0.2) is 48.8 Å². The lowest BCUT2D eigenvalue weighted by Gasteiger charge is -2.33. The van der Waals surface area contributed by atoms with E-state index in [4.69, 9.17) is 35.7 Å². The molecule has 1 aliphatic rings. The molecular weight excluding hydrogens is 624 g/mol. The molecule has 2 aromatic rings. The Morgan fingerprint density at radius 3 is 1.93 bits per heavy atom. The number of alkyl halides is 6. The Kier molecular flexibility index (Phi) is 14.5. The van der Waals surface area contributed by atoms with Gasteiger partial charge in [-0.25, -0.2) is 9.59 Å². The number of amidine groups is 1. The van der Waals surface area contributed by atoms with Gasteiger partial charge < -0.3 is 36.0 Å². The maximum absolute atomic E-state index is 12.8. The summed E-state index contributed by atoms with van der Waals surface area (Å²) < 4.78 is 69.2. The third kappa shape index (κ3) is 14.8. The Morgan fingerprint density at radius 1 is 0.978 bits per heavy atom. The van der Waals surface area contributed by atoms with Gasteiger partial charge in [0, 0.05) is 42.7 Å². The summed E-state index contributed by atoms with van der Waals surface area (Å²) in [6.45, 7) is 1.51. The van der Waals surface area contributed by atoms with Crippen molar-refractivity contribution in [3.05, 3.63) is 54.4 Å². The van der Waals surface area contributed by atoms with E-state index in [1.807, 2.05) is 12.1 Å². The monoisotopic (exact) mass is 653 g/mol. The molecule has 0 aliphatic carbocycles. The molecule has 3 rings (SSSR count). The number of hydrogen-bond donors (Lipinski definition) is 6. The number of piperidine rings is 1. The molecule has 1 aromatic carbocycles. The van der Waals surface area contributed by atoms with Gasteiger partial charge >= 0.3 is 30.3 Å². The molecule has 1 unspecified atom stereocenters. The zero-order chi connectivity index (χ0) is 34.4. The van der Waals surface area contributed by atoms with E-state index in [0.29, 0.717) is 24.2 Å². The van der Waals surface area contributed by atoms with E-state index >= 15 is 0 Å². The summed E-state index contributed by atoms with van der Waals surface area (Å²) in [4.78, 5) is 48.0. The number of ether oxygens (including phenoxy) is 1. The molecule has 1 atom stereocenters. The number of aromatic nitrogens is 1. The van der Waals surface area contributed by atoms with Crippen molar-refractivity contribution in [1.29, 1.82) is 5.41 Å². The fraction of sp³-hybridized carbons (Fsp3) is 0.385. The highest BCUT2D eigenvalue weighted by molar-refractivity contribution is 5.95. The first-order chi connectivity index (χ1) is 20.8. The summed E-state index contributed by atoms with van der Waals surface area (Å²) in [5.41, 5.74) is 7.08. The fourth-order valence-corrected chi connectivity index (χ4v) is 3.59. The highest BCUT2D eigenvalue weighted by atomic mass is 19.4. The number of aliphatic carboxylic acids is 3. The summed E-state index contributed by atoms with van der Waals surface area (Å²) in [6.07, 6.45) is -5.54. The van der Waals surface area contributed by atoms with E-state index in [2.05, 4.69) is 15.2 Å². The first-order valence-electron chi connectivity index (χ1n) is 12.7. The van der Waals surface area contributed by atoms with Crippen molar-refractivity contribution in [2.75, 3.05) is 24.6 Å². The third-order valence-electron chi connectivity index (χ3n) is 5.74. The second-order valence-corrected chi connectivity index (χ2v) is 9.13. The van der Waals surface area contributed by atoms with Crippen LogP contribution in [0.25, 0.3) is 0 Å². The second-order valence-electron chi connectivity index (χ2n) is 9.13. The Hall–Kier alpha value is -5.10. The van der Waals surface area contributed by atoms with Crippen molar-refractivity contribution >= 4 is 35.3 Å². The topological polar surface area (TPSA) is 216 Å². The molecule has 1 aliphatic heterocycles. The van der Waals surface area contributed by atoms with Gasteiger partial charge in [-0.2, -0.15) is 26.3 Å². The van der Waals surface area contributed by atoms with Crippen molar-refractivity contribution in [3.8, 4) is 5.75 Å². The molecule has 7 N–H and O–H groups in total. The minimum Gasteiger partial charge on any atom is -0.491 e. The van der Waals surface area contributed by atoms with Gasteiger partial charge in [0.2, 0.25) is 5.91 Å². The third-order valence-corrected chi connectivity index (χ3v) is 5.74. The van der Waals surface area contributed by atoms with Crippen LogP contribution in [0, 0.1) is 11.3 Å². The molecule has 0 radical (unpaired) electrons. The van der Waals surface area contributed by atoms with E-state index < -0.39 is 36.3 Å². The smallest absolute Gasteiger partial charge is 0.490 e. The van der Waals surface area contributed by atoms with Crippen molar-refractivity contribution in [2.45, 2.75) is 37.7 Å². The van der Waals surface area contributed by atoms with Crippen LogP contribution in [-0.2, 0) is 19.2 Å². The molecule has 1 amide bonds. The minimum absolute atomic E-state index is 0.00918. The number of rotatable bonds is 9. The average Bonchev–Trinajstić information content (AvgIpc) is 2.96. The van der Waals surface area contributed by atoms with Crippen LogP contribution in [0.5, 0.6) is 5.75 Å². The van der Waals surface area contributed by atoms with Crippen LogP contribution in [0.3, 0.4) is 0 Å². The van der Waals surface area contributed by atoms with Crippen LogP contribution in [0.2, 0.25) is 0 Å². The lowest BCUT2D eigenvalue weighted by molar-refractivity contribution is -0.193. The molecule has 1 fully saturated rings. The number of amides is 1. The lowest BCUT2D eigenvalue weighted by Crippen LogP contribution is -2.46. The van der Waals surface area contributed by atoms with Gasteiger partial charge in [0.05, 0.1) is 12.5 Å². The number of carboxylic acids is 3. The number of nitrogens with zero attached hydrogens (tertiary/aromatic N) is 2. The maximum atomic E-state index is 12.8. The normalized spacial score (nSPS) is 14.0. The van der Waals surface area contributed by atoms with Gasteiger partial charge in [-0.1, -0.05) is 12.1 Å². The molecule has 19 heteroatoms. The van der Waals surface area contributed by atoms with Gasteiger partial charge in [-0.15, -0.1) is 0 Å². The Balaban J connectivity index is 0.000000601. The molecule has 0 spiro atoms. The van der Waals surface area contributed by atoms with Gasteiger partial charge in [0.25, 0.3) is 0 Å². The predicted octanol–water partition coefficient (Wildman–Crippen LogP) is 2.89. The number of nitrogens with two attached hydrogens (primary N) is 1. The van der Waals surface area contributed by atoms with Crippen LogP contribution >= 0.6 is 0 Å². The highest BCUT2D eigenvalue weighted by Crippen LogP contribution is 2.23. The number of carbonyl (C=O) groups excluding carboxylic acids is 1. The molecule has 45 heavy (non-hydrogen) atoms. The Labute approximate surface area is 251 Å². The lowest BCUT2D eigenvalue weighted by atomic mass is 9.95. The second kappa shape index (κ2) is 17.3. The molecule has 0 bridgehead atoms. The molecule has 0 saturated carbocycles. The summed E-state index contributed by atoms with van der Waals surface area (Å²) >= 11 is 0. The van der Waals surface area contributed by atoms with Crippen molar-refractivity contribution in [2.24, 2.45) is 11.7 Å². The first kappa shape index (κ1) is 37.9. The number of carbonyl (C=O) groups is 4. The van der Waals surface area contributed by atoms with Gasteiger partial charge in [0.1, 0.15) is 18.2 Å². The summed E-state index contributed by atoms with van der Waals surface area (Å²) in [6, 6.07) is 9.92. The Morgan fingerprint density at radius 2 is 1.49 bits per heavy atom. The van der Waals surface area contributed by atoms with Crippen LogP contribution in [0.1, 0.15) is 24.8 Å². The van der Waals surface area contributed by atoms with E-state index in [1.54, 1.807) is 36.7 Å². The fourth-order valence-electron chi connectivity index (χ4n) is 3.59. The number of nitrogen functional groups attached to an aromatic ring is 1. The van der Waals surface area contributed by atoms with Gasteiger partial charge in [-0.3, -0.25) is 20.0 Å². The number of hydrogen-bond acceptors (Lipinski definition) is 8. The number of halogens is 6. The molecule has 248 valence electrons. The zero-order valence-electron chi connectivity index (χ0n) is 23.1. The molecular formula is C26H29F6N5O8. The number of carboxylic acid groups (broad SMARTS) is 3. The number of nitrogens with one attached hydrogen (secondary N) is 2. The summed E-state index contributed by atoms with van der Waals surface area (Å²) in [5, 5.41) is 33.8. The van der Waals surface area contributed by atoms with Crippen molar-refractivity contribution < 1.29 is 65.6 Å². The average molecular weight is 654 g/mol. The van der Waals surface area contributed by atoms with Crippen molar-refractivity contribution in [3.63, 3.8) is 0 Å². The van der Waals surface area contributed by atoms with E-state index in [1.165, 1.54) is 0 Å². The Bertz CT molecular complexity index is 1280. The first-order valence-corrected chi connectivity index (χ1v) is 12.7. The molecule has 1 aromatic heterocycles. The maximum Gasteiger partial charge on any atom is 0.490 e. The van der Waals surface area contributed by atoms with E-state index in [9.17, 15) is 41.0 Å². The summed E-state index contributed by atoms with van der Waals surface area (Å²) in [5.74, 6) is -6.47. The van der Waals surface area contributed by atoms with Gasteiger partial charge in [-0.05, 0) is 37.1 Å². The number of pyridine rings is 1. The minimum atomic E-state index is -5.08. The number of benzene rings is 1. The van der Waals surface area contributed by atoms with Crippen LogP contribution in [-0.4, -0.2) is 88.0 Å². The standard InChI is InChI=1S/C22H27N5O4.2C2HF3O2/c23-21(24)16-2-1-3-19(12-16)31-14-17(13-20(28)29)26-22(30)15-6-10-27(11-7-15)18-4-8-25-9-5-18;2*3-2(4,5)1(6)7/h1-5,8-9,12,15,17H,6-7,10-11,13-14H2,(H3,23,24)(H,26,30)(H,28,29);2*(H,6,7). The summed E-state index contributed by atoms with van der Waals surface area (Å²) in [7, 11) is 0. The van der Waals surface area contributed by atoms with Crippen LogP contribution in [0.4, 0.5) is 32.0 Å². The highest BCUT2D eigenvalue weighted by Gasteiger charge is 2.39. The number of anilines is 1. The largest absolute Gasteiger partial charge is 0.491 e. The molecule has 1 saturated heterocycles. The van der Waals surface area contributed by atoms with E-state index in [0.717, 1.165) is 18.8 Å².